The van der Waals surface area contributed by atoms with Gasteiger partial charge in [-0.3, -0.25) is 4.99 Å². The summed E-state index contributed by atoms with van der Waals surface area (Å²) in [4.78, 5) is 3.76. The average Bonchev–Trinajstić information content (AvgIpc) is 2.45. The molecule has 0 bridgehead atoms. The largest absolute Gasteiger partial charge is 0.266 e. The molecule has 0 fully saturated rings. The number of aliphatic imine (C=N–C) groups is 1. The standard InChI is InChI=1S/C16H12F3N/c1-20-13-6-4-12(5-7-13)14-8-2-11(10-15(14)17)3-9-16(18)19/h2,4-10H,1,3H2. The molecule has 0 aliphatic rings. The lowest BCUT2D eigenvalue weighted by Crippen LogP contribution is -1.88. The lowest BCUT2D eigenvalue weighted by Gasteiger charge is -2.06. The quantitative estimate of drug-likeness (QED) is 0.684. The lowest BCUT2D eigenvalue weighted by atomic mass is 10.0. The van der Waals surface area contributed by atoms with Crippen LogP contribution in [0.25, 0.3) is 11.1 Å². The molecule has 2 rings (SSSR count). The van der Waals surface area contributed by atoms with Gasteiger partial charge < -0.3 is 0 Å². The molecule has 0 spiro atoms. The van der Waals surface area contributed by atoms with Gasteiger partial charge in [0.2, 0.25) is 0 Å². The van der Waals surface area contributed by atoms with Crippen molar-refractivity contribution in [2.75, 3.05) is 0 Å². The normalized spacial score (nSPS) is 10.2. The fourth-order valence-electron chi connectivity index (χ4n) is 1.86. The first kappa shape index (κ1) is 14.1. The molecule has 0 amide bonds. The summed E-state index contributed by atoms with van der Waals surface area (Å²) in [5, 5.41) is 0. The molecule has 2 aromatic carbocycles. The maximum absolute atomic E-state index is 14.0. The van der Waals surface area contributed by atoms with Crippen molar-refractivity contribution in [2.24, 2.45) is 4.99 Å². The number of allylic oxidation sites excluding steroid dienone is 1. The summed E-state index contributed by atoms with van der Waals surface area (Å²) in [6.45, 7) is 3.41. The van der Waals surface area contributed by atoms with Crippen LogP contribution in [0, 0.1) is 5.82 Å². The van der Waals surface area contributed by atoms with E-state index < -0.39 is 11.9 Å². The van der Waals surface area contributed by atoms with Crippen molar-refractivity contribution >= 4 is 12.4 Å². The number of benzene rings is 2. The molecular formula is C16H12F3N. The maximum atomic E-state index is 14.0. The van der Waals surface area contributed by atoms with Gasteiger partial charge in [-0.05, 0) is 48.5 Å². The number of nitrogens with zero attached hydrogens (tertiary/aromatic N) is 1. The zero-order valence-corrected chi connectivity index (χ0v) is 10.6. The van der Waals surface area contributed by atoms with E-state index in [1.54, 1.807) is 36.4 Å². The minimum atomic E-state index is -1.76. The smallest absolute Gasteiger partial charge is 0.265 e. The monoisotopic (exact) mass is 275 g/mol. The van der Waals surface area contributed by atoms with Crippen LogP contribution in [-0.4, -0.2) is 6.72 Å². The van der Waals surface area contributed by atoms with Crippen LogP contribution >= 0.6 is 0 Å². The fourth-order valence-corrected chi connectivity index (χ4v) is 1.86. The highest BCUT2D eigenvalue weighted by molar-refractivity contribution is 5.66. The summed E-state index contributed by atoms with van der Waals surface area (Å²) in [5.74, 6) is -0.436. The van der Waals surface area contributed by atoms with E-state index in [1.165, 1.54) is 6.07 Å². The van der Waals surface area contributed by atoms with Crippen molar-refractivity contribution in [1.82, 2.24) is 0 Å². The van der Waals surface area contributed by atoms with Crippen LogP contribution in [0.15, 0.2) is 59.6 Å². The van der Waals surface area contributed by atoms with Crippen LogP contribution in [0.2, 0.25) is 0 Å². The average molecular weight is 275 g/mol. The predicted molar refractivity (Wildman–Crippen MR) is 75.0 cm³/mol. The van der Waals surface area contributed by atoms with Crippen molar-refractivity contribution in [3.63, 3.8) is 0 Å². The molecule has 0 saturated carbocycles. The van der Waals surface area contributed by atoms with Gasteiger partial charge in [-0.1, -0.05) is 24.3 Å². The summed E-state index contributed by atoms with van der Waals surface area (Å²) in [5.41, 5.74) is 2.33. The third-order valence-electron chi connectivity index (χ3n) is 2.89. The first-order valence-electron chi connectivity index (χ1n) is 5.97. The number of hydrogen-bond acceptors (Lipinski definition) is 1. The minimum Gasteiger partial charge on any atom is -0.265 e. The summed E-state index contributed by atoms with van der Waals surface area (Å²) >= 11 is 0. The van der Waals surface area contributed by atoms with Crippen LogP contribution in [-0.2, 0) is 6.42 Å². The van der Waals surface area contributed by atoms with Crippen molar-refractivity contribution in [3.8, 4) is 11.1 Å². The second-order valence-electron chi connectivity index (χ2n) is 4.22. The molecule has 0 atom stereocenters. The van der Waals surface area contributed by atoms with Gasteiger partial charge in [0.1, 0.15) is 5.82 Å². The third kappa shape index (κ3) is 3.35. The van der Waals surface area contributed by atoms with Gasteiger partial charge in [0.15, 0.2) is 0 Å². The number of hydrogen-bond donors (Lipinski definition) is 0. The van der Waals surface area contributed by atoms with E-state index in [4.69, 9.17) is 0 Å². The zero-order chi connectivity index (χ0) is 14.5. The first-order valence-corrected chi connectivity index (χ1v) is 5.97. The Kier molecular flexibility index (Phi) is 4.35. The molecular weight excluding hydrogens is 263 g/mol. The zero-order valence-electron chi connectivity index (χ0n) is 10.6. The van der Waals surface area contributed by atoms with E-state index in [2.05, 4.69) is 11.7 Å². The summed E-state index contributed by atoms with van der Waals surface area (Å²) in [6, 6.07) is 11.4. The van der Waals surface area contributed by atoms with Crippen LogP contribution in [0.3, 0.4) is 0 Å². The SMILES string of the molecule is C=Nc1ccc(-c2ccc(CC=C(F)F)cc2F)cc1. The first-order chi connectivity index (χ1) is 9.60. The molecule has 2 aromatic rings. The Morgan fingerprint density at radius 1 is 1.10 bits per heavy atom. The second kappa shape index (κ2) is 6.19. The molecule has 20 heavy (non-hydrogen) atoms. The Hall–Kier alpha value is -2.36. The topological polar surface area (TPSA) is 12.4 Å². The van der Waals surface area contributed by atoms with Crippen molar-refractivity contribution in [2.45, 2.75) is 6.42 Å². The van der Waals surface area contributed by atoms with Crippen LogP contribution in [0.5, 0.6) is 0 Å². The summed E-state index contributed by atoms with van der Waals surface area (Å²) < 4.78 is 38.0. The van der Waals surface area contributed by atoms with Gasteiger partial charge in [-0.25, -0.2) is 4.39 Å². The molecule has 0 aromatic heterocycles. The maximum Gasteiger partial charge on any atom is 0.266 e. The van der Waals surface area contributed by atoms with Crippen molar-refractivity contribution < 1.29 is 13.2 Å². The van der Waals surface area contributed by atoms with E-state index in [1.807, 2.05) is 0 Å². The van der Waals surface area contributed by atoms with E-state index >= 15 is 0 Å². The van der Waals surface area contributed by atoms with Gasteiger partial charge in [0.05, 0.1) is 5.69 Å². The minimum absolute atomic E-state index is 0.0128. The lowest BCUT2D eigenvalue weighted by molar-refractivity contribution is 0.418. The van der Waals surface area contributed by atoms with E-state index in [9.17, 15) is 13.2 Å². The highest BCUT2D eigenvalue weighted by atomic mass is 19.3. The van der Waals surface area contributed by atoms with Gasteiger partial charge >= 0.3 is 0 Å². The molecule has 0 N–H and O–H groups in total. The third-order valence-corrected chi connectivity index (χ3v) is 2.89. The van der Waals surface area contributed by atoms with E-state index in [0.29, 0.717) is 22.4 Å². The molecule has 4 heteroatoms. The van der Waals surface area contributed by atoms with Crippen LogP contribution in [0.1, 0.15) is 5.56 Å². The van der Waals surface area contributed by atoms with Crippen molar-refractivity contribution in [3.05, 3.63) is 66.0 Å². The molecule has 0 heterocycles. The Morgan fingerprint density at radius 2 is 1.80 bits per heavy atom. The summed E-state index contributed by atoms with van der Waals surface area (Å²) in [7, 11) is 0. The molecule has 1 nitrogen and oxygen atoms in total. The Labute approximate surface area is 115 Å². The second-order valence-corrected chi connectivity index (χ2v) is 4.22. The number of rotatable bonds is 4. The highest BCUT2D eigenvalue weighted by Crippen LogP contribution is 2.26. The van der Waals surface area contributed by atoms with Gasteiger partial charge in [0, 0.05) is 5.56 Å². The van der Waals surface area contributed by atoms with E-state index in [-0.39, 0.29) is 6.42 Å². The Bertz CT molecular complexity index is 641. The molecule has 0 radical (unpaired) electrons. The van der Waals surface area contributed by atoms with Gasteiger partial charge in [-0.2, -0.15) is 8.78 Å². The Balaban J connectivity index is 2.28. The van der Waals surface area contributed by atoms with Gasteiger partial charge in [-0.15, -0.1) is 0 Å². The predicted octanol–water partition coefficient (Wildman–Crippen LogP) is 5.15. The molecule has 102 valence electrons. The molecule has 0 aliphatic heterocycles. The summed E-state index contributed by atoms with van der Waals surface area (Å²) in [6.07, 6.45) is -0.986. The molecule has 0 unspecified atom stereocenters. The van der Waals surface area contributed by atoms with Gasteiger partial charge in [0.25, 0.3) is 6.08 Å². The number of halogens is 3. The van der Waals surface area contributed by atoms with Crippen LogP contribution in [0.4, 0.5) is 18.9 Å². The van der Waals surface area contributed by atoms with Crippen LogP contribution < -0.4 is 0 Å². The van der Waals surface area contributed by atoms with Crippen molar-refractivity contribution in [1.29, 1.82) is 0 Å². The Morgan fingerprint density at radius 3 is 2.35 bits per heavy atom. The molecule has 0 saturated heterocycles. The highest BCUT2D eigenvalue weighted by Gasteiger charge is 2.06. The molecule has 0 aliphatic carbocycles. The fraction of sp³-hybridized carbons (Fsp3) is 0.0625. The van der Waals surface area contributed by atoms with E-state index in [0.717, 1.165) is 6.08 Å².